The maximum Gasteiger partial charge on any atom is 0.320 e. The van der Waals surface area contributed by atoms with Crippen LogP contribution in [0.3, 0.4) is 0 Å². The monoisotopic (exact) mass is 296 g/mol. The van der Waals surface area contributed by atoms with Crippen LogP contribution in [0.25, 0.3) is 0 Å². The molecule has 2 fully saturated rings. The molecule has 5 heteroatoms. The summed E-state index contributed by atoms with van der Waals surface area (Å²) in [5.74, 6) is -0.356. The van der Waals surface area contributed by atoms with E-state index in [1.807, 2.05) is 18.9 Å². The maximum atomic E-state index is 12.6. The van der Waals surface area contributed by atoms with Crippen LogP contribution in [0.1, 0.15) is 46.0 Å². The van der Waals surface area contributed by atoms with Crippen LogP contribution in [-0.4, -0.2) is 53.1 Å². The number of hydrogen-bond donors (Lipinski definition) is 1. The van der Waals surface area contributed by atoms with Crippen LogP contribution in [0.5, 0.6) is 0 Å². The van der Waals surface area contributed by atoms with Gasteiger partial charge < -0.3 is 14.9 Å². The van der Waals surface area contributed by atoms with Gasteiger partial charge in [0.15, 0.2) is 0 Å². The summed E-state index contributed by atoms with van der Waals surface area (Å²) in [6.07, 6.45) is 5.78. The second kappa shape index (κ2) is 6.67. The molecule has 0 radical (unpaired) electrons. The highest BCUT2D eigenvalue weighted by Crippen LogP contribution is 2.30. The molecule has 1 aliphatic carbocycles. The second-order valence-electron chi connectivity index (χ2n) is 6.80. The lowest BCUT2D eigenvalue weighted by Gasteiger charge is -2.36. The van der Waals surface area contributed by atoms with Crippen LogP contribution < -0.4 is 0 Å². The molecule has 1 N–H and O–H groups in total. The lowest BCUT2D eigenvalue weighted by Crippen LogP contribution is -2.46. The Labute approximate surface area is 127 Å². The van der Waals surface area contributed by atoms with Gasteiger partial charge in [-0.15, -0.1) is 0 Å². The van der Waals surface area contributed by atoms with E-state index < -0.39 is 11.9 Å². The molecule has 21 heavy (non-hydrogen) atoms. The Kier molecular flexibility index (Phi) is 5.12. The summed E-state index contributed by atoms with van der Waals surface area (Å²) in [6.45, 7) is 5.06. The van der Waals surface area contributed by atoms with Crippen molar-refractivity contribution in [3.63, 3.8) is 0 Å². The largest absolute Gasteiger partial charge is 0.481 e. The first kappa shape index (κ1) is 16.1. The summed E-state index contributed by atoms with van der Waals surface area (Å²) in [6, 6.07) is 0.324. The minimum Gasteiger partial charge on any atom is -0.481 e. The molecule has 120 valence electrons. The number of nitrogens with zero attached hydrogens (tertiary/aromatic N) is 2. The molecule has 0 unspecified atom stereocenters. The summed E-state index contributed by atoms with van der Waals surface area (Å²) >= 11 is 0. The van der Waals surface area contributed by atoms with Crippen LogP contribution in [0.2, 0.25) is 0 Å². The Balaban J connectivity index is 1.90. The van der Waals surface area contributed by atoms with Crippen molar-refractivity contribution in [1.29, 1.82) is 0 Å². The van der Waals surface area contributed by atoms with E-state index in [-0.39, 0.29) is 11.9 Å². The molecule has 2 rings (SSSR count). The van der Waals surface area contributed by atoms with E-state index in [9.17, 15) is 14.7 Å². The first-order valence-electron chi connectivity index (χ1n) is 8.18. The van der Waals surface area contributed by atoms with Crippen LogP contribution >= 0.6 is 0 Å². The number of carboxylic acid groups (broad SMARTS) is 1. The average molecular weight is 296 g/mol. The minimum atomic E-state index is -0.788. The van der Waals surface area contributed by atoms with E-state index in [0.717, 1.165) is 18.8 Å². The van der Waals surface area contributed by atoms with Gasteiger partial charge in [0, 0.05) is 26.2 Å². The Hall–Kier alpha value is -1.26. The molecule has 0 aromatic heterocycles. The number of urea groups is 1. The number of amides is 2. The van der Waals surface area contributed by atoms with Gasteiger partial charge in [-0.25, -0.2) is 4.79 Å². The third-order valence-electron chi connectivity index (χ3n) is 5.44. The van der Waals surface area contributed by atoms with Crippen molar-refractivity contribution in [2.75, 3.05) is 20.1 Å². The van der Waals surface area contributed by atoms with Gasteiger partial charge in [0.2, 0.25) is 0 Å². The zero-order valence-electron chi connectivity index (χ0n) is 13.4. The number of rotatable bonds is 3. The highest BCUT2D eigenvalue weighted by Gasteiger charge is 2.39. The molecule has 0 spiro atoms. The molecular weight excluding hydrogens is 268 g/mol. The SMILES string of the molecule is CCC1CCC(N(C)C(=O)N2C[C@@H](C)[C@H](C(=O)O)C2)CC1. The van der Waals surface area contributed by atoms with Gasteiger partial charge in [0.25, 0.3) is 0 Å². The Morgan fingerprint density at radius 3 is 2.29 bits per heavy atom. The predicted molar refractivity (Wildman–Crippen MR) is 81.1 cm³/mol. The van der Waals surface area contributed by atoms with Crippen LogP contribution in [0.4, 0.5) is 4.79 Å². The van der Waals surface area contributed by atoms with Gasteiger partial charge in [-0.1, -0.05) is 20.3 Å². The smallest absolute Gasteiger partial charge is 0.320 e. The minimum absolute atomic E-state index is 0.00514. The highest BCUT2D eigenvalue weighted by atomic mass is 16.4. The van der Waals surface area contributed by atoms with Crippen LogP contribution in [0, 0.1) is 17.8 Å². The van der Waals surface area contributed by atoms with Crippen molar-refractivity contribution < 1.29 is 14.7 Å². The number of aliphatic carboxylic acids is 1. The van der Waals surface area contributed by atoms with Crippen molar-refractivity contribution in [3.05, 3.63) is 0 Å². The lowest BCUT2D eigenvalue weighted by molar-refractivity contribution is -0.142. The third-order valence-corrected chi connectivity index (χ3v) is 5.44. The fraction of sp³-hybridized carbons (Fsp3) is 0.875. The van der Waals surface area contributed by atoms with Crippen LogP contribution in [-0.2, 0) is 4.79 Å². The number of hydrogen-bond acceptors (Lipinski definition) is 2. The van der Waals surface area contributed by atoms with Gasteiger partial charge in [-0.2, -0.15) is 0 Å². The summed E-state index contributed by atoms with van der Waals surface area (Å²) < 4.78 is 0. The first-order valence-corrected chi connectivity index (χ1v) is 8.18. The van der Waals surface area contributed by atoms with E-state index in [2.05, 4.69) is 6.92 Å². The standard InChI is InChI=1S/C16H28N2O3/c1-4-12-5-7-13(8-6-12)17(3)16(21)18-9-11(2)14(10-18)15(19)20/h11-14H,4-10H2,1-3H3,(H,19,20)/t11-,12?,13?,14-/m1/s1. The molecule has 2 aliphatic rings. The van der Waals surface area contributed by atoms with E-state index in [1.54, 1.807) is 4.90 Å². The summed E-state index contributed by atoms with van der Waals surface area (Å²) in [7, 11) is 1.87. The summed E-state index contributed by atoms with van der Waals surface area (Å²) in [5.41, 5.74) is 0. The van der Waals surface area contributed by atoms with Gasteiger partial charge in [-0.3, -0.25) is 4.79 Å². The molecular formula is C16H28N2O3. The van der Waals surface area contributed by atoms with Crippen molar-refractivity contribution in [1.82, 2.24) is 9.80 Å². The lowest BCUT2D eigenvalue weighted by atomic mass is 9.84. The molecule has 1 heterocycles. The fourth-order valence-electron chi connectivity index (χ4n) is 3.76. The quantitative estimate of drug-likeness (QED) is 0.871. The number of likely N-dealkylation sites (tertiary alicyclic amines) is 1. The Bertz CT molecular complexity index is 391. The number of carbonyl (C=O) groups is 2. The van der Waals surface area contributed by atoms with E-state index in [4.69, 9.17) is 0 Å². The second-order valence-corrected chi connectivity index (χ2v) is 6.80. The molecule has 0 bridgehead atoms. The van der Waals surface area contributed by atoms with E-state index in [1.165, 1.54) is 19.3 Å². The topological polar surface area (TPSA) is 60.9 Å². The van der Waals surface area contributed by atoms with Crippen LogP contribution in [0.15, 0.2) is 0 Å². The van der Waals surface area contributed by atoms with E-state index in [0.29, 0.717) is 19.1 Å². The molecule has 0 aromatic carbocycles. The summed E-state index contributed by atoms with van der Waals surface area (Å²) in [4.78, 5) is 27.3. The van der Waals surface area contributed by atoms with Crippen molar-refractivity contribution in [2.45, 2.75) is 52.0 Å². The Morgan fingerprint density at radius 1 is 1.19 bits per heavy atom. The Morgan fingerprint density at radius 2 is 1.81 bits per heavy atom. The third kappa shape index (κ3) is 3.50. The van der Waals surface area contributed by atoms with Crippen molar-refractivity contribution in [3.8, 4) is 0 Å². The summed E-state index contributed by atoms with van der Waals surface area (Å²) in [5, 5.41) is 9.18. The van der Waals surface area contributed by atoms with Gasteiger partial charge >= 0.3 is 12.0 Å². The molecule has 0 aromatic rings. The van der Waals surface area contributed by atoms with Crippen molar-refractivity contribution in [2.24, 2.45) is 17.8 Å². The zero-order chi connectivity index (χ0) is 15.6. The molecule has 1 saturated heterocycles. The molecule has 1 aliphatic heterocycles. The van der Waals surface area contributed by atoms with Gasteiger partial charge in [0.05, 0.1) is 5.92 Å². The predicted octanol–water partition coefficient (Wildman–Crippen LogP) is 2.66. The highest BCUT2D eigenvalue weighted by molar-refractivity contribution is 5.77. The normalized spacial score (nSPS) is 33.0. The zero-order valence-corrected chi connectivity index (χ0v) is 13.4. The van der Waals surface area contributed by atoms with Crippen molar-refractivity contribution >= 4 is 12.0 Å². The average Bonchev–Trinajstić information content (AvgIpc) is 2.88. The number of carboxylic acids is 1. The van der Waals surface area contributed by atoms with E-state index >= 15 is 0 Å². The molecule has 1 saturated carbocycles. The first-order chi connectivity index (χ1) is 9.93. The van der Waals surface area contributed by atoms with Gasteiger partial charge in [-0.05, 0) is 37.5 Å². The molecule has 2 amide bonds. The maximum absolute atomic E-state index is 12.6. The fourth-order valence-corrected chi connectivity index (χ4v) is 3.76. The van der Waals surface area contributed by atoms with Gasteiger partial charge in [0.1, 0.15) is 0 Å². The molecule has 2 atom stereocenters. The molecule has 5 nitrogen and oxygen atoms in total. The number of carbonyl (C=O) groups excluding carboxylic acids is 1.